The molecule has 112 valence electrons. The first kappa shape index (κ1) is 16.8. The Balaban J connectivity index is 2.46. The maximum absolute atomic E-state index is 11.8. The van der Waals surface area contributed by atoms with Crippen LogP contribution in [0.3, 0.4) is 0 Å². The molecule has 0 spiro atoms. The highest BCUT2D eigenvalue weighted by Crippen LogP contribution is 2.22. The lowest BCUT2D eigenvalue weighted by Gasteiger charge is -2.16. The molecule has 5 heteroatoms. The van der Waals surface area contributed by atoms with E-state index in [4.69, 9.17) is 16.7 Å². The lowest BCUT2D eigenvalue weighted by atomic mass is 10.0. The molecule has 0 aliphatic heterocycles. The Hall–Kier alpha value is -1.26. The van der Waals surface area contributed by atoms with E-state index in [2.05, 4.69) is 17.6 Å². The van der Waals surface area contributed by atoms with Crippen molar-refractivity contribution in [3.63, 3.8) is 0 Å². The topological polar surface area (TPSA) is 61.4 Å². The molecule has 0 aromatic heterocycles. The van der Waals surface area contributed by atoms with Crippen molar-refractivity contribution >= 4 is 23.3 Å². The number of hydrogen-bond donors (Lipinski definition) is 3. The second kappa shape index (κ2) is 8.82. The van der Waals surface area contributed by atoms with Crippen LogP contribution in [0.25, 0.3) is 0 Å². The Morgan fingerprint density at radius 2 is 2.15 bits per heavy atom. The lowest BCUT2D eigenvalue weighted by molar-refractivity contribution is 0.237. The standard InChI is InChI=1S/C15H23ClN2O2/c1-3-4-12(7-8-19)10-17-15(20)18-14-6-5-11(2)9-13(14)16/h5-6,9,12,19H,3-4,7-8,10H2,1-2H3,(H2,17,18,20). The summed E-state index contributed by atoms with van der Waals surface area (Å²) >= 11 is 6.06. The van der Waals surface area contributed by atoms with Crippen LogP contribution in [0.1, 0.15) is 31.7 Å². The number of benzene rings is 1. The van der Waals surface area contributed by atoms with Gasteiger partial charge in [-0.15, -0.1) is 0 Å². The fraction of sp³-hybridized carbons (Fsp3) is 0.533. The van der Waals surface area contributed by atoms with E-state index in [1.807, 2.05) is 19.1 Å². The van der Waals surface area contributed by atoms with E-state index in [0.29, 0.717) is 29.6 Å². The van der Waals surface area contributed by atoms with Crippen molar-refractivity contribution in [2.24, 2.45) is 5.92 Å². The molecule has 0 fully saturated rings. The van der Waals surface area contributed by atoms with Crippen LogP contribution in [-0.4, -0.2) is 24.3 Å². The van der Waals surface area contributed by atoms with Crippen LogP contribution in [0, 0.1) is 12.8 Å². The van der Waals surface area contributed by atoms with Crippen LogP contribution < -0.4 is 10.6 Å². The molecule has 1 aromatic carbocycles. The number of rotatable bonds is 7. The van der Waals surface area contributed by atoms with Gasteiger partial charge < -0.3 is 15.7 Å². The fourth-order valence-electron chi connectivity index (χ4n) is 2.06. The zero-order valence-electron chi connectivity index (χ0n) is 12.1. The quantitative estimate of drug-likeness (QED) is 0.720. The monoisotopic (exact) mass is 298 g/mol. The molecule has 3 N–H and O–H groups in total. The summed E-state index contributed by atoms with van der Waals surface area (Å²) in [6.45, 7) is 4.75. The van der Waals surface area contributed by atoms with Gasteiger partial charge in [0.2, 0.25) is 0 Å². The Bertz CT molecular complexity index is 432. The summed E-state index contributed by atoms with van der Waals surface area (Å²) in [5, 5.41) is 15.1. The summed E-state index contributed by atoms with van der Waals surface area (Å²) in [6, 6.07) is 5.22. The molecule has 0 heterocycles. The van der Waals surface area contributed by atoms with Crippen molar-refractivity contribution in [1.82, 2.24) is 5.32 Å². The van der Waals surface area contributed by atoms with Crippen molar-refractivity contribution in [2.45, 2.75) is 33.1 Å². The third-order valence-electron chi connectivity index (χ3n) is 3.16. The average molecular weight is 299 g/mol. The van der Waals surface area contributed by atoms with Crippen LogP contribution in [0.2, 0.25) is 5.02 Å². The van der Waals surface area contributed by atoms with Crippen molar-refractivity contribution in [2.75, 3.05) is 18.5 Å². The first-order chi connectivity index (χ1) is 9.56. The zero-order chi connectivity index (χ0) is 15.0. The van der Waals surface area contributed by atoms with Gasteiger partial charge in [-0.1, -0.05) is 31.0 Å². The van der Waals surface area contributed by atoms with E-state index >= 15 is 0 Å². The molecule has 20 heavy (non-hydrogen) atoms. The van der Waals surface area contributed by atoms with E-state index < -0.39 is 0 Å². The molecule has 1 aromatic rings. The number of amides is 2. The smallest absolute Gasteiger partial charge is 0.319 e. The number of carbonyl (C=O) groups excluding carboxylic acids is 1. The van der Waals surface area contributed by atoms with Crippen LogP contribution in [0.5, 0.6) is 0 Å². The number of aliphatic hydroxyl groups is 1. The summed E-state index contributed by atoms with van der Waals surface area (Å²) in [7, 11) is 0. The number of halogens is 1. The number of aryl methyl sites for hydroxylation is 1. The van der Waals surface area contributed by atoms with Crippen molar-refractivity contribution in [1.29, 1.82) is 0 Å². The van der Waals surface area contributed by atoms with Gasteiger partial charge in [0.25, 0.3) is 0 Å². The first-order valence-electron chi connectivity index (χ1n) is 6.98. The van der Waals surface area contributed by atoms with Crippen molar-refractivity contribution in [3.8, 4) is 0 Å². The zero-order valence-corrected chi connectivity index (χ0v) is 12.8. The minimum absolute atomic E-state index is 0.151. The normalized spacial score (nSPS) is 12.0. The summed E-state index contributed by atoms with van der Waals surface area (Å²) in [5.41, 5.74) is 1.65. The molecule has 1 unspecified atom stereocenters. The molecule has 0 saturated heterocycles. The summed E-state index contributed by atoms with van der Waals surface area (Å²) in [4.78, 5) is 11.8. The van der Waals surface area contributed by atoms with Gasteiger partial charge in [0, 0.05) is 13.2 Å². The van der Waals surface area contributed by atoms with Crippen molar-refractivity contribution < 1.29 is 9.90 Å². The number of anilines is 1. The highest BCUT2D eigenvalue weighted by Gasteiger charge is 2.10. The van der Waals surface area contributed by atoms with Crippen LogP contribution in [0.4, 0.5) is 10.5 Å². The minimum Gasteiger partial charge on any atom is -0.396 e. The summed E-state index contributed by atoms with van der Waals surface area (Å²) in [5.74, 6) is 0.309. The number of nitrogens with one attached hydrogen (secondary N) is 2. The summed E-state index contributed by atoms with van der Waals surface area (Å²) in [6.07, 6.45) is 2.74. The number of urea groups is 1. The van der Waals surface area contributed by atoms with Gasteiger partial charge in [0.05, 0.1) is 10.7 Å². The Morgan fingerprint density at radius 1 is 1.40 bits per heavy atom. The van der Waals surface area contributed by atoms with E-state index in [0.717, 1.165) is 18.4 Å². The number of aliphatic hydroxyl groups excluding tert-OH is 1. The van der Waals surface area contributed by atoms with E-state index in [1.54, 1.807) is 6.07 Å². The van der Waals surface area contributed by atoms with Gasteiger partial charge in [-0.3, -0.25) is 0 Å². The minimum atomic E-state index is -0.269. The average Bonchev–Trinajstić information content (AvgIpc) is 2.40. The van der Waals surface area contributed by atoms with Crippen molar-refractivity contribution in [3.05, 3.63) is 28.8 Å². The second-order valence-corrected chi connectivity index (χ2v) is 5.39. The molecule has 0 saturated carbocycles. The van der Waals surface area contributed by atoms with E-state index in [1.165, 1.54) is 0 Å². The number of hydrogen-bond acceptors (Lipinski definition) is 2. The molecule has 2 amide bonds. The molecule has 1 rings (SSSR count). The highest BCUT2D eigenvalue weighted by atomic mass is 35.5. The van der Waals surface area contributed by atoms with E-state index in [-0.39, 0.29) is 12.6 Å². The van der Waals surface area contributed by atoms with Gasteiger partial charge in [-0.05, 0) is 43.4 Å². The Morgan fingerprint density at radius 3 is 2.75 bits per heavy atom. The molecular weight excluding hydrogens is 276 g/mol. The van der Waals surface area contributed by atoms with Gasteiger partial charge in [0.15, 0.2) is 0 Å². The molecule has 0 radical (unpaired) electrons. The van der Waals surface area contributed by atoms with Gasteiger partial charge in [0.1, 0.15) is 0 Å². The number of carbonyl (C=O) groups is 1. The lowest BCUT2D eigenvalue weighted by Crippen LogP contribution is -2.33. The van der Waals surface area contributed by atoms with E-state index in [9.17, 15) is 4.79 Å². The fourth-order valence-corrected chi connectivity index (χ4v) is 2.35. The molecule has 0 aliphatic rings. The molecular formula is C15H23ClN2O2. The third-order valence-corrected chi connectivity index (χ3v) is 3.47. The molecule has 4 nitrogen and oxygen atoms in total. The first-order valence-corrected chi connectivity index (χ1v) is 7.36. The Labute approximate surface area is 125 Å². The van der Waals surface area contributed by atoms with Crippen LogP contribution >= 0.6 is 11.6 Å². The predicted octanol–water partition coefficient (Wildman–Crippen LogP) is 3.57. The molecule has 0 bridgehead atoms. The van der Waals surface area contributed by atoms with Crippen LogP contribution in [-0.2, 0) is 0 Å². The summed E-state index contributed by atoms with van der Waals surface area (Å²) < 4.78 is 0. The Kier molecular flexibility index (Phi) is 7.41. The van der Waals surface area contributed by atoms with Gasteiger partial charge in [-0.2, -0.15) is 0 Å². The maximum Gasteiger partial charge on any atom is 0.319 e. The SMILES string of the molecule is CCCC(CCO)CNC(=O)Nc1ccc(C)cc1Cl. The van der Waals surface area contributed by atoms with Crippen LogP contribution in [0.15, 0.2) is 18.2 Å². The second-order valence-electron chi connectivity index (χ2n) is 4.99. The largest absolute Gasteiger partial charge is 0.396 e. The van der Waals surface area contributed by atoms with Gasteiger partial charge >= 0.3 is 6.03 Å². The van der Waals surface area contributed by atoms with Gasteiger partial charge in [-0.25, -0.2) is 4.79 Å². The third kappa shape index (κ3) is 5.80. The predicted molar refractivity (Wildman–Crippen MR) is 83.3 cm³/mol. The maximum atomic E-state index is 11.8. The molecule has 0 aliphatic carbocycles. The highest BCUT2D eigenvalue weighted by molar-refractivity contribution is 6.33. The molecule has 1 atom stereocenters.